The Morgan fingerprint density at radius 1 is 1.11 bits per heavy atom. The van der Waals surface area contributed by atoms with Gasteiger partial charge in [0.15, 0.2) is 0 Å². The monoisotopic (exact) mass is 484 g/mol. The first-order valence-electron chi connectivity index (χ1n) is 11.8. The zero-order valence-electron chi connectivity index (χ0n) is 20.1. The number of hydrogen-bond donors (Lipinski definition) is 2. The lowest BCUT2D eigenvalue weighted by Gasteiger charge is -2.35. The van der Waals surface area contributed by atoms with Crippen LogP contribution in [0.1, 0.15) is 38.2 Å². The van der Waals surface area contributed by atoms with Crippen molar-refractivity contribution in [1.29, 1.82) is 0 Å². The minimum absolute atomic E-state index is 0.0590. The van der Waals surface area contributed by atoms with Gasteiger partial charge in [-0.05, 0) is 24.8 Å². The number of likely N-dealkylation sites (N-methyl/N-ethyl adjacent to an activating group) is 1. The molecule has 0 saturated carbocycles. The van der Waals surface area contributed by atoms with E-state index in [9.17, 15) is 24.0 Å². The maximum Gasteiger partial charge on any atom is 0.308 e. The number of benzene rings is 1. The van der Waals surface area contributed by atoms with Crippen LogP contribution < -0.4 is 10.6 Å². The molecule has 2 heterocycles. The lowest BCUT2D eigenvalue weighted by atomic mass is 10.1. The highest BCUT2D eigenvalue weighted by Crippen LogP contribution is 2.24. The fourth-order valence-corrected chi connectivity index (χ4v) is 4.40. The summed E-state index contributed by atoms with van der Waals surface area (Å²) in [6, 6.07) is 6.54. The van der Waals surface area contributed by atoms with Crippen molar-refractivity contribution in [2.75, 3.05) is 20.1 Å². The smallest absolute Gasteiger partial charge is 0.308 e. The number of hydrogen-bond acceptors (Lipinski definition) is 6. The first-order valence-corrected chi connectivity index (χ1v) is 11.8. The van der Waals surface area contributed by atoms with Crippen LogP contribution in [0.5, 0.6) is 0 Å². The molecule has 10 nitrogen and oxygen atoms in total. The Hall–Kier alpha value is -3.69. The fourth-order valence-electron chi connectivity index (χ4n) is 4.40. The second-order valence-corrected chi connectivity index (χ2v) is 8.62. The summed E-state index contributed by atoms with van der Waals surface area (Å²) in [7, 11) is 1.44. The van der Waals surface area contributed by atoms with E-state index in [-0.39, 0.29) is 37.8 Å². The van der Waals surface area contributed by atoms with Crippen LogP contribution >= 0.6 is 0 Å². The summed E-state index contributed by atoms with van der Waals surface area (Å²) in [5, 5.41) is 5.19. The van der Waals surface area contributed by atoms with Crippen LogP contribution in [0.25, 0.3) is 0 Å². The zero-order chi connectivity index (χ0) is 25.4. The van der Waals surface area contributed by atoms with Gasteiger partial charge >= 0.3 is 5.97 Å². The third kappa shape index (κ3) is 6.68. The first-order chi connectivity index (χ1) is 16.8. The molecule has 2 N–H and O–H groups in total. The molecule has 3 rings (SSSR count). The fraction of sp³-hybridized carbons (Fsp3) is 0.480. The van der Waals surface area contributed by atoms with Gasteiger partial charge in [0.05, 0.1) is 6.42 Å². The zero-order valence-corrected chi connectivity index (χ0v) is 20.1. The topological polar surface area (TPSA) is 125 Å². The van der Waals surface area contributed by atoms with Gasteiger partial charge in [-0.25, -0.2) is 0 Å². The molecule has 0 unspecified atom stereocenters. The molecule has 0 aromatic heterocycles. The van der Waals surface area contributed by atoms with Gasteiger partial charge in [-0.3, -0.25) is 24.0 Å². The summed E-state index contributed by atoms with van der Waals surface area (Å²) >= 11 is 0. The van der Waals surface area contributed by atoms with Crippen molar-refractivity contribution in [2.24, 2.45) is 0 Å². The SMILES string of the molecule is CNC(=O)[C@H](CC(=O)OCc1ccccc1)N1C/C=C\C[C@H](NC(C)=O)C(=O)N2CCC[C@H]2C1=O. The van der Waals surface area contributed by atoms with Gasteiger partial charge in [-0.15, -0.1) is 0 Å². The molecule has 0 bridgehead atoms. The molecule has 2 aliphatic heterocycles. The molecule has 0 radical (unpaired) electrons. The van der Waals surface area contributed by atoms with Crippen LogP contribution in [0, 0.1) is 0 Å². The number of nitrogens with one attached hydrogen (secondary N) is 2. The van der Waals surface area contributed by atoms with E-state index in [4.69, 9.17) is 4.74 Å². The van der Waals surface area contributed by atoms with E-state index in [0.717, 1.165) is 5.56 Å². The predicted molar refractivity (Wildman–Crippen MR) is 127 cm³/mol. The second-order valence-electron chi connectivity index (χ2n) is 8.62. The summed E-state index contributed by atoms with van der Waals surface area (Å²) < 4.78 is 5.35. The van der Waals surface area contributed by atoms with Crippen LogP contribution in [0.3, 0.4) is 0 Å². The third-order valence-corrected chi connectivity index (χ3v) is 6.15. The quantitative estimate of drug-likeness (QED) is 0.429. The van der Waals surface area contributed by atoms with E-state index in [1.54, 1.807) is 12.2 Å². The molecule has 0 aliphatic carbocycles. The van der Waals surface area contributed by atoms with Crippen LogP contribution in [0.2, 0.25) is 0 Å². The maximum absolute atomic E-state index is 13.6. The van der Waals surface area contributed by atoms with E-state index < -0.39 is 35.9 Å². The molecule has 2 aliphatic rings. The average Bonchev–Trinajstić information content (AvgIpc) is 3.34. The van der Waals surface area contributed by atoms with Gasteiger partial charge in [0.25, 0.3) is 0 Å². The molecule has 4 amide bonds. The Kier molecular flexibility index (Phi) is 8.99. The minimum Gasteiger partial charge on any atom is -0.461 e. The highest BCUT2D eigenvalue weighted by molar-refractivity contribution is 5.96. The molecule has 188 valence electrons. The van der Waals surface area contributed by atoms with E-state index in [2.05, 4.69) is 10.6 Å². The summed E-state index contributed by atoms with van der Waals surface area (Å²) in [6.07, 6.45) is 4.38. The standard InChI is InChI=1S/C25H32N4O6/c1-17(30)27-19-11-6-7-13-29(25(34)20-12-8-14-28(20)24(19)33)21(23(32)26-2)15-22(31)35-16-18-9-4-3-5-10-18/h3-7,9-10,19-21H,8,11-16H2,1-2H3,(H,26,32)(H,27,30)/b7-6-/t19-,20-,21-/m0/s1. The van der Waals surface area contributed by atoms with Crippen LogP contribution in [-0.2, 0) is 35.3 Å². The Labute approximate surface area is 204 Å². The molecular weight excluding hydrogens is 452 g/mol. The van der Waals surface area contributed by atoms with Crippen molar-refractivity contribution in [1.82, 2.24) is 20.4 Å². The molecule has 1 saturated heterocycles. The van der Waals surface area contributed by atoms with Crippen molar-refractivity contribution in [3.05, 3.63) is 48.0 Å². The van der Waals surface area contributed by atoms with Crippen LogP contribution in [-0.4, -0.2) is 77.7 Å². The van der Waals surface area contributed by atoms with Gasteiger partial charge in [-0.2, -0.15) is 0 Å². The number of ether oxygens (including phenoxy) is 1. The van der Waals surface area contributed by atoms with E-state index in [1.807, 2.05) is 30.3 Å². The number of amides is 4. The van der Waals surface area contributed by atoms with Crippen LogP contribution in [0.15, 0.2) is 42.5 Å². The molecule has 0 spiro atoms. The van der Waals surface area contributed by atoms with E-state index in [1.165, 1.54) is 23.8 Å². The molecule has 1 fully saturated rings. The Morgan fingerprint density at radius 3 is 2.54 bits per heavy atom. The second kappa shape index (κ2) is 12.1. The normalized spacial score (nSPS) is 22.1. The predicted octanol–water partition coefficient (Wildman–Crippen LogP) is 0.519. The minimum atomic E-state index is -1.09. The maximum atomic E-state index is 13.6. The average molecular weight is 485 g/mol. The van der Waals surface area contributed by atoms with Crippen molar-refractivity contribution >= 4 is 29.6 Å². The Morgan fingerprint density at radius 2 is 1.86 bits per heavy atom. The number of rotatable bonds is 7. The van der Waals surface area contributed by atoms with Crippen molar-refractivity contribution in [3.63, 3.8) is 0 Å². The summed E-state index contributed by atoms with van der Waals surface area (Å²) in [5.74, 6) is -2.17. The Balaban J connectivity index is 1.81. The molecular formula is C25H32N4O6. The van der Waals surface area contributed by atoms with E-state index in [0.29, 0.717) is 19.4 Å². The molecule has 1 aromatic rings. The van der Waals surface area contributed by atoms with Gasteiger partial charge in [0.1, 0.15) is 24.7 Å². The summed E-state index contributed by atoms with van der Waals surface area (Å²) in [4.78, 5) is 66.6. The first kappa shape index (κ1) is 25.9. The third-order valence-electron chi connectivity index (χ3n) is 6.15. The number of carbonyl (C=O) groups excluding carboxylic acids is 5. The van der Waals surface area contributed by atoms with Gasteiger partial charge in [0.2, 0.25) is 23.6 Å². The molecule has 1 aromatic carbocycles. The number of nitrogens with zero attached hydrogens (tertiary/aromatic N) is 2. The number of esters is 1. The molecule has 3 atom stereocenters. The molecule has 10 heteroatoms. The van der Waals surface area contributed by atoms with Gasteiger partial charge in [0, 0.05) is 27.1 Å². The van der Waals surface area contributed by atoms with Gasteiger partial charge < -0.3 is 25.2 Å². The highest BCUT2D eigenvalue weighted by Gasteiger charge is 2.42. The number of carbonyl (C=O) groups is 5. The highest BCUT2D eigenvalue weighted by atomic mass is 16.5. The molecule has 35 heavy (non-hydrogen) atoms. The van der Waals surface area contributed by atoms with Crippen molar-refractivity contribution in [2.45, 2.75) is 57.3 Å². The van der Waals surface area contributed by atoms with Crippen molar-refractivity contribution in [3.8, 4) is 0 Å². The van der Waals surface area contributed by atoms with Crippen LogP contribution in [0.4, 0.5) is 0 Å². The van der Waals surface area contributed by atoms with Gasteiger partial charge in [-0.1, -0.05) is 42.5 Å². The van der Waals surface area contributed by atoms with E-state index >= 15 is 0 Å². The summed E-state index contributed by atoms with van der Waals surface area (Å²) in [6.45, 7) is 1.86. The lowest BCUT2D eigenvalue weighted by Crippen LogP contribution is -2.58. The van der Waals surface area contributed by atoms with Crippen molar-refractivity contribution < 1.29 is 28.7 Å². The lowest BCUT2D eigenvalue weighted by molar-refractivity contribution is -0.153. The Bertz CT molecular complexity index is 979. The summed E-state index contributed by atoms with van der Waals surface area (Å²) in [5.41, 5.74) is 0.809. The number of fused-ring (bicyclic) bond motifs is 1. The largest absolute Gasteiger partial charge is 0.461 e.